The van der Waals surface area contributed by atoms with E-state index in [4.69, 9.17) is 11.6 Å². The van der Waals surface area contributed by atoms with Crippen molar-refractivity contribution in [3.05, 3.63) is 23.0 Å². The largest absolute Gasteiger partial charge is 0.317 e. The van der Waals surface area contributed by atoms with Gasteiger partial charge in [-0.3, -0.25) is 4.90 Å². The lowest BCUT2D eigenvalue weighted by molar-refractivity contribution is 0.192. The molecule has 1 aliphatic heterocycles. The van der Waals surface area contributed by atoms with Crippen LogP contribution in [0.5, 0.6) is 0 Å². The van der Waals surface area contributed by atoms with Crippen LogP contribution < -0.4 is 5.32 Å². The molecule has 1 N–H and O–H groups in total. The van der Waals surface area contributed by atoms with Gasteiger partial charge in [-0.05, 0) is 32.0 Å². The Morgan fingerprint density at radius 3 is 2.69 bits per heavy atom. The molecule has 0 amide bonds. The van der Waals surface area contributed by atoms with Crippen LogP contribution in [-0.2, 0) is 6.54 Å². The first-order chi connectivity index (χ1) is 7.78. The summed E-state index contributed by atoms with van der Waals surface area (Å²) in [7, 11) is 2.03. The second kappa shape index (κ2) is 5.57. The lowest BCUT2D eigenvalue weighted by Gasteiger charge is -2.31. The summed E-state index contributed by atoms with van der Waals surface area (Å²) in [6, 6.07) is 4.41. The zero-order valence-corrected chi connectivity index (χ0v) is 10.2. The van der Waals surface area contributed by atoms with Crippen molar-refractivity contribution in [2.24, 2.45) is 0 Å². The molecule has 0 radical (unpaired) electrons. The molecule has 1 aromatic heterocycles. The summed E-state index contributed by atoms with van der Waals surface area (Å²) < 4.78 is 0. The van der Waals surface area contributed by atoms with Gasteiger partial charge >= 0.3 is 0 Å². The normalized spacial score (nSPS) is 18.9. The highest BCUT2D eigenvalue weighted by atomic mass is 35.5. The van der Waals surface area contributed by atoms with Crippen molar-refractivity contribution in [1.82, 2.24) is 20.4 Å². The zero-order chi connectivity index (χ0) is 11.4. The number of rotatable bonds is 3. The van der Waals surface area contributed by atoms with Gasteiger partial charge in [0.2, 0.25) is 0 Å². The highest BCUT2D eigenvalue weighted by Crippen LogP contribution is 2.12. The number of hydrogen-bond donors (Lipinski definition) is 1. The molecule has 2 rings (SSSR count). The van der Waals surface area contributed by atoms with E-state index >= 15 is 0 Å². The summed E-state index contributed by atoms with van der Waals surface area (Å²) in [6.07, 6.45) is 2.41. The lowest BCUT2D eigenvalue weighted by Crippen LogP contribution is -2.40. The minimum Gasteiger partial charge on any atom is -0.317 e. The summed E-state index contributed by atoms with van der Waals surface area (Å²) in [5.74, 6) is 0. The van der Waals surface area contributed by atoms with Crippen molar-refractivity contribution >= 4 is 11.6 Å². The number of halogens is 1. The Bertz CT molecular complexity index is 319. The van der Waals surface area contributed by atoms with Gasteiger partial charge in [0, 0.05) is 25.7 Å². The molecule has 88 valence electrons. The van der Waals surface area contributed by atoms with E-state index in [-0.39, 0.29) is 0 Å². The smallest absolute Gasteiger partial charge is 0.151 e. The summed E-state index contributed by atoms with van der Waals surface area (Å²) >= 11 is 5.70. The van der Waals surface area contributed by atoms with Gasteiger partial charge in [-0.1, -0.05) is 11.6 Å². The number of likely N-dealkylation sites (tertiary alicyclic amines) is 1. The Hall–Kier alpha value is -0.710. The Morgan fingerprint density at radius 1 is 1.38 bits per heavy atom. The van der Waals surface area contributed by atoms with Crippen LogP contribution in [0.2, 0.25) is 5.15 Å². The van der Waals surface area contributed by atoms with Gasteiger partial charge < -0.3 is 5.32 Å². The average Bonchev–Trinajstić information content (AvgIpc) is 2.33. The Labute approximate surface area is 101 Å². The molecule has 16 heavy (non-hydrogen) atoms. The third-order valence-corrected chi connectivity index (χ3v) is 3.27. The zero-order valence-electron chi connectivity index (χ0n) is 9.49. The topological polar surface area (TPSA) is 41.0 Å². The Balaban J connectivity index is 1.84. The maximum Gasteiger partial charge on any atom is 0.151 e. The van der Waals surface area contributed by atoms with E-state index in [2.05, 4.69) is 20.4 Å². The van der Waals surface area contributed by atoms with Crippen molar-refractivity contribution in [3.8, 4) is 0 Å². The molecule has 2 heterocycles. The van der Waals surface area contributed by atoms with Crippen LogP contribution >= 0.6 is 11.6 Å². The molecule has 0 saturated carbocycles. The molecule has 0 bridgehead atoms. The van der Waals surface area contributed by atoms with Gasteiger partial charge in [-0.25, -0.2) is 0 Å². The van der Waals surface area contributed by atoms with E-state index in [1.165, 1.54) is 12.8 Å². The first-order valence-corrected chi connectivity index (χ1v) is 6.03. The van der Waals surface area contributed by atoms with E-state index in [1.807, 2.05) is 13.1 Å². The third-order valence-electron chi connectivity index (χ3n) is 3.07. The molecule has 1 saturated heterocycles. The van der Waals surface area contributed by atoms with Crippen LogP contribution in [0.1, 0.15) is 18.5 Å². The van der Waals surface area contributed by atoms with Gasteiger partial charge in [-0.15, -0.1) is 5.10 Å². The first-order valence-electron chi connectivity index (χ1n) is 5.65. The van der Waals surface area contributed by atoms with Crippen LogP contribution in [0.15, 0.2) is 12.1 Å². The second-order valence-electron chi connectivity index (χ2n) is 4.19. The summed E-state index contributed by atoms with van der Waals surface area (Å²) in [6.45, 7) is 3.12. The van der Waals surface area contributed by atoms with Crippen molar-refractivity contribution in [1.29, 1.82) is 0 Å². The summed E-state index contributed by atoms with van der Waals surface area (Å²) in [5, 5.41) is 11.7. The molecule has 1 aromatic rings. The quantitative estimate of drug-likeness (QED) is 0.865. The predicted molar refractivity (Wildman–Crippen MR) is 64.4 cm³/mol. The van der Waals surface area contributed by atoms with Crippen LogP contribution in [0.4, 0.5) is 0 Å². The molecule has 1 aliphatic rings. The van der Waals surface area contributed by atoms with Gasteiger partial charge in [-0.2, -0.15) is 5.10 Å². The maximum atomic E-state index is 5.70. The van der Waals surface area contributed by atoms with E-state index in [1.54, 1.807) is 6.07 Å². The molecule has 1 fully saturated rings. The van der Waals surface area contributed by atoms with Gasteiger partial charge in [0.25, 0.3) is 0 Å². The van der Waals surface area contributed by atoms with Crippen molar-refractivity contribution in [2.45, 2.75) is 25.4 Å². The molecule has 0 unspecified atom stereocenters. The Morgan fingerprint density at radius 2 is 2.12 bits per heavy atom. The number of aromatic nitrogens is 2. The standard InChI is InChI=1S/C11H17ClN4/c1-13-9-4-6-16(7-5-9)8-10-2-3-11(12)15-14-10/h2-3,9,13H,4-8H2,1H3. The third kappa shape index (κ3) is 3.14. The molecule has 0 aliphatic carbocycles. The highest BCUT2D eigenvalue weighted by Gasteiger charge is 2.17. The second-order valence-corrected chi connectivity index (χ2v) is 4.57. The van der Waals surface area contributed by atoms with Gasteiger partial charge in [0.15, 0.2) is 5.15 Å². The minimum atomic E-state index is 0.456. The fraction of sp³-hybridized carbons (Fsp3) is 0.636. The first kappa shape index (κ1) is 11.8. The maximum absolute atomic E-state index is 5.70. The van der Waals surface area contributed by atoms with Gasteiger partial charge in [0.05, 0.1) is 5.69 Å². The van der Waals surface area contributed by atoms with Crippen LogP contribution in [0.25, 0.3) is 0 Å². The van der Waals surface area contributed by atoms with Gasteiger partial charge in [0.1, 0.15) is 0 Å². The fourth-order valence-corrected chi connectivity index (χ4v) is 2.14. The average molecular weight is 241 g/mol. The summed E-state index contributed by atoms with van der Waals surface area (Å²) in [4.78, 5) is 2.41. The number of hydrogen-bond acceptors (Lipinski definition) is 4. The molecular formula is C11H17ClN4. The van der Waals surface area contributed by atoms with E-state index in [9.17, 15) is 0 Å². The van der Waals surface area contributed by atoms with Crippen molar-refractivity contribution in [3.63, 3.8) is 0 Å². The van der Waals surface area contributed by atoms with Crippen molar-refractivity contribution < 1.29 is 0 Å². The number of piperidine rings is 1. The highest BCUT2D eigenvalue weighted by molar-refractivity contribution is 6.29. The van der Waals surface area contributed by atoms with E-state index in [0.717, 1.165) is 25.3 Å². The van der Waals surface area contributed by atoms with Crippen LogP contribution in [-0.4, -0.2) is 41.3 Å². The van der Waals surface area contributed by atoms with Crippen molar-refractivity contribution in [2.75, 3.05) is 20.1 Å². The van der Waals surface area contributed by atoms with E-state index in [0.29, 0.717) is 11.2 Å². The van der Waals surface area contributed by atoms with Crippen LogP contribution in [0, 0.1) is 0 Å². The number of nitrogens with one attached hydrogen (secondary N) is 1. The molecule has 0 spiro atoms. The minimum absolute atomic E-state index is 0.456. The predicted octanol–water partition coefficient (Wildman–Crippen LogP) is 1.31. The summed E-state index contributed by atoms with van der Waals surface area (Å²) in [5.41, 5.74) is 0.993. The SMILES string of the molecule is CNC1CCN(Cc2ccc(Cl)nn2)CC1. The molecule has 5 heteroatoms. The lowest BCUT2D eigenvalue weighted by atomic mass is 10.1. The monoisotopic (exact) mass is 240 g/mol. The molecule has 0 atom stereocenters. The molecule has 4 nitrogen and oxygen atoms in total. The number of nitrogens with zero attached hydrogens (tertiary/aromatic N) is 3. The fourth-order valence-electron chi connectivity index (χ4n) is 2.04. The van der Waals surface area contributed by atoms with E-state index < -0.39 is 0 Å². The van der Waals surface area contributed by atoms with Crippen LogP contribution in [0.3, 0.4) is 0 Å². The Kier molecular flexibility index (Phi) is 4.09. The molecular weight excluding hydrogens is 224 g/mol. The molecule has 0 aromatic carbocycles.